The van der Waals surface area contributed by atoms with Crippen LogP contribution in [0.15, 0.2) is 0 Å². The van der Waals surface area contributed by atoms with Crippen molar-refractivity contribution in [1.82, 2.24) is 5.09 Å². The minimum atomic E-state index is 0.00209. The second-order valence-electron chi connectivity index (χ2n) is 3.64. The van der Waals surface area contributed by atoms with Crippen molar-refractivity contribution < 1.29 is 5.11 Å². The molecule has 0 aromatic carbocycles. The molecule has 1 unspecified atom stereocenters. The van der Waals surface area contributed by atoms with Crippen LogP contribution in [0.2, 0.25) is 0 Å². The third-order valence-electron chi connectivity index (χ3n) is 2.67. The van der Waals surface area contributed by atoms with Crippen LogP contribution in [0.4, 0.5) is 0 Å². The fourth-order valence-electron chi connectivity index (χ4n) is 1.83. The maximum atomic E-state index is 9.28. The van der Waals surface area contributed by atoms with Gasteiger partial charge in [-0.05, 0) is 51.2 Å². The van der Waals surface area contributed by atoms with E-state index < -0.39 is 0 Å². The van der Waals surface area contributed by atoms with Gasteiger partial charge in [0, 0.05) is 0 Å². The van der Waals surface area contributed by atoms with Crippen molar-refractivity contribution in [2.75, 3.05) is 13.2 Å². The average Bonchev–Trinajstić information content (AvgIpc) is 2.09. The summed E-state index contributed by atoms with van der Waals surface area (Å²) in [6.07, 6.45) is 5.82. The van der Waals surface area contributed by atoms with Crippen LogP contribution in [-0.4, -0.2) is 24.4 Å². The monoisotopic (exact) mass is 189 g/mol. The second-order valence-corrected chi connectivity index (χ2v) is 4.49. The van der Waals surface area contributed by atoms with Crippen LogP contribution in [0.3, 0.4) is 0 Å². The normalized spacial score (nSPS) is 31.5. The van der Waals surface area contributed by atoms with Gasteiger partial charge in [-0.1, -0.05) is 8.73 Å². The Hall–Kier alpha value is 0.350. The molecule has 72 valence electrons. The van der Waals surface area contributed by atoms with E-state index >= 15 is 0 Å². The molecule has 0 saturated heterocycles. The summed E-state index contributed by atoms with van der Waals surface area (Å²) >= 11 is 0. The molecule has 1 aliphatic carbocycles. The summed E-state index contributed by atoms with van der Waals surface area (Å²) in [6, 6.07) is 0. The summed E-state index contributed by atoms with van der Waals surface area (Å²) in [5.74, 6) is 0.872. The lowest BCUT2D eigenvalue weighted by atomic mass is 9.85. The lowest BCUT2D eigenvalue weighted by Crippen LogP contribution is -2.20. The van der Waals surface area contributed by atoms with Crippen LogP contribution < -0.4 is 5.09 Å². The van der Waals surface area contributed by atoms with Crippen LogP contribution in [-0.2, 0) is 0 Å². The molecule has 1 fully saturated rings. The van der Waals surface area contributed by atoms with Crippen molar-refractivity contribution >= 4 is 8.73 Å². The Morgan fingerprint density at radius 1 is 1.33 bits per heavy atom. The van der Waals surface area contributed by atoms with E-state index in [0.717, 1.165) is 34.0 Å². The minimum absolute atomic E-state index is 0.00209. The molecule has 0 spiro atoms. The Labute approximate surface area is 77.0 Å². The van der Waals surface area contributed by atoms with Crippen molar-refractivity contribution in [2.45, 2.75) is 38.2 Å². The van der Waals surface area contributed by atoms with Gasteiger partial charge in [0.2, 0.25) is 0 Å². The molecule has 1 saturated carbocycles. The first-order chi connectivity index (χ1) is 5.83. The summed E-state index contributed by atoms with van der Waals surface area (Å²) in [5.41, 5.74) is 0. The Bertz CT molecular complexity index is 113. The molecule has 1 aliphatic rings. The molecule has 0 heterocycles. The van der Waals surface area contributed by atoms with Crippen LogP contribution >= 0.6 is 8.73 Å². The Morgan fingerprint density at radius 2 is 2.00 bits per heavy atom. The zero-order valence-corrected chi connectivity index (χ0v) is 8.84. The van der Waals surface area contributed by atoms with Gasteiger partial charge in [0.25, 0.3) is 0 Å². The highest BCUT2D eigenvalue weighted by Crippen LogP contribution is 2.26. The molecule has 12 heavy (non-hydrogen) atoms. The molecule has 0 bridgehead atoms. The van der Waals surface area contributed by atoms with E-state index in [9.17, 15) is 5.11 Å². The molecular formula is C9H20NOP. The number of nitrogens with one attached hydrogen (secondary N) is 1. The van der Waals surface area contributed by atoms with E-state index in [1.807, 2.05) is 0 Å². The molecule has 1 atom stereocenters. The first-order valence-corrected chi connectivity index (χ1v) is 6.40. The van der Waals surface area contributed by atoms with E-state index in [2.05, 4.69) is 11.8 Å². The highest BCUT2D eigenvalue weighted by Gasteiger charge is 2.18. The third kappa shape index (κ3) is 3.84. The quantitative estimate of drug-likeness (QED) is 0.521. The summed E-state index contributed by atoms with van der Waals surface area (Å²) in [6.45, 7) is 3.33. The molecule has 3 heteroatoms. The summed E-state index contributed by atoms with van der Waals surface area (Å²) in [5, 5.41) is 12.7. The third-order valence-corrected chi connectivity index (χ3v) is 3.27. The molecule has 2 nitrogen and oxygen atoms in total. The first kappa shape index (κ1) is 10.4. The lowest BCUT2D eigenvalue weighted by Gasteiger charge is -2.25. The predicted molar refractivity (Wildman–Crippen MR) is 54.8 cm³/mol. The predicted octanol–water partition coefficient (Wildman–Crippen LogP) is 1.74. The molecule has 1 rings (SSSR count). The van der Waals surface area contributed by atoms with Gasteiger partial charge in [0.1, 0.15) is 0 Å². The lowest BCUT2D eigenvalue weighted by molar-refractivity contribution is 0.107. The van der Waals surface area contributed by atoms with Gasteiger partial charge >= 0.3 is 0 Å². The molecule has 0 amide bonds. The van der Waals surface area contributed by atoms with Gasteiger partial charge in [0.05, 0.1) is 6.10 Å². The smallest absolute Gasteiger partial charge is 0.0540 e. The summed E-state index contributed by atoms with van der Waals surface area (Å²) < 4.78 is 0. The number of rotatable bonds is 4. The van der Waals surface area contributed by atoms with E-state index in [0.29, 0.717) is 0 Å². The number of aliphatic hydroxyl groups is 1. The van der Waals surface area contributed by atoms with Crippen molar-refractivity contribution in [3.8, 4) is 0 Å². The topological polar surface area (TPSA) is 32.3 Å². The standard InChI is InChI=1S/C9H20NOP/c1-12-10-7-6-8-2-4-9(11)5-3-8/h8-12H,2-7H2,1H3. The van der Waals surface area contributed by atoms with E-state index in [4.69, 9.17) is 0 Å². The van der Waals surface area contributed by atoms with E-state index in [1.54, 1.807) is 0 Å². The highest BCUT2D eigenvalue weighted by atomic mass is 31.1. The van der Waals surface area contributed by atoms with Gasteiger partial charge in [-0.2, -0.15) is 0 Å². The molecule has 0 aromatic heterocycles. The number of aliphatic hydroxyl groups excluding tert-OH is 1. The summed E-state index contributed by atoms with van der Waals surface area (Å²) in [4.78, 5) is 0. The van der Waals surface area contributed by atoms with Gasteiger partial charge in [-0.15, -0.1) is 0 Å². The van der Waals surface area contributed by atoms with Gasteiger partial charge < -0.3 is 5.11 Å². The number of hydrogen-bond acceptors (Lipinski definition) is 2. The van der Waals surface area contributed by atoms with Crippen LogP contribution in [0.25, 0.3) is 0 Å². The van der Waals surface area contributed by atoms with E-state index in [1.165, 1.54) is 19.3 Å². The molecule has 0 radical (unpaired) electrons. The Kier molecular flexibility index (Phi) is 5.13. The maximum absolute atomic E-state index is 9.28. The van der Waals surface area contributed by atoms with Crippen LogP contribution in [0.1, 0.15) is 32.1 Å². The van der Waals surface area contributed by atoms with Crippen LogP contribution in [0, 0.1) is 5.92 Å². The maximum Gasteiger partial charge on any atom is 0.0540 e. The average molecular weight is 189 g/mol. The van der Waals surface area contributed by atoms with Crippen molar-refractivity contribution in [3.05, 3.63) is 0 Å². The first-order valence-electron chi connectivity index (χ1n) is 4.90. The molecule has 2 N–H and O–H groups in total. The fourth-order valence-corrected chi connectivity index (χ4v) is 2.23. The number of hydrogen-bond donors (Lipinski definition) is 2. The zero-order chi connectivity index (χ0) is 8.81. The minimum Gasteiger partial charge on any atom is -0.393 e. The van der Waals surface area contributed by atoms with Crippen molar-refractivity contribution in [1.29, 1.82) is 0 Å². The fraction of sp³-hybridized carbons (Fsp3) is 1.00. The highest BCUT2D eigenvalue weighted by molar-refractivity contribution is 7.34. The van der Waals surface area contributed by atoms with Gasteiger partial charge in [0.15, 0.2) is 0 Å². The molecule has 0 aromatic rings. The Morgan fingerprint density at radius 3 is 2.58 bits per heavy atom. The van der Waals surface area contributed by atoms with E-state index in [-0.39, 0.29) is 6.10 Å². The Balaban J connectivity index is 2.01. The van der Waals surface area contributed by atoms with Gasteiger partial charge in [-0.25, -0.2) is 0 Å². The van der Waals surface area contributed by atoms with Crippen molar-refractivity contribution in [3.63, 3.8) is 0 Å². The SMILES string of the molecule is CPNCCC1CCC(O)CC1. The molecular weight excluding hydrogens is 169 g/mol. The summed E-state index contributed by atoms with van der Waals surface area (Å²) in [7, 11) is 0.874. The second kappa shape index (κ2) is 5.90. The van der Waals surface area contributed by atoms with Crippen molar-refractivity contribution in [2.24, 2.45) is 5.92 Å². The zero-order valence-electron chi connectivity index (χ0n) is 7.84. The molecule has 0 aliphatic heterocycles. The largest absolute Gasteiger partial charge is 0.393 e. The van der Waals surface area contributed by atoms with Gasteiger partial charge in [-0.3, -0.25) is 5.09 Å². The van der Waals surface area contributed by atoms with Crippen LogP contribution in [0.5, 0.6) is 0 Å².